The van der Waals surface area contributed by atoms with Crippen molar-refractivity contribution < 1.29 is 9.18 Å². The van der Waals surface area contributed by atoms with Gasteiger partial charge in [0.25, 0.3) is 5.91 Å². The topological polar surface area (TPSA) is 50.2 Å². The maximum absolute atomic E-state index is 13.9. The Labute approximate surface area is 172 Å². The summed E-state index contributed by atoms with van der Waals surface area (Å²) in [5, 5.41) is 8.22. The molecule has 1 atom stereocenters. The highest BCUT2D eigenvalue weighted by molar-refractivity contribution is 5.94. The maximum Gasteiger partial charge on any atom is 0.274 e. The first kappa shape index (κ1) is 20.1. The fraction of sp³-hybridized carbons (Fsp3) is 0.565. The molecule has 0 saturated carbocycles. The highest BCUT2D eigenvalue weighted by atomic mass is 19.1. The molecule has 1 aliphatic heterocycles. The molecule has 1 N–H and O–H groups in total. The summed E-state index contributed by atoms with van der Waals surface area (Å²) >= 11 is 0. The number of aromatic nitrogens is 2. The van der Waals surface area contributed by atoms with Gasteiger partial charge in [0.1, 0.15) is 5.82 Å². The fourth-order valence-electron chi connectivity index (χ4n) is 4.61. The average molecular weight is 399 g/mol. The monoisotopic (exact) mass is 398 g/mol. The van der Waals surface area contributed by atoms with Crippen LogP contribution < -0.4 is 5.32 Å². The molecule has 1 aromatic heterocycles. The minimum atomic E-state index is -0.174. The van der Waals surface area contributed by atoms with Gasteiger partial charge in [-0.3, -0.25) is 9.48 Å². The van der Waals surface area contributed by atoms with Crippen molar-refractivity contribution in [3.8, 4) is 0 Å². The first-order valence-electron chi connectivity index (χ1n) is 11.0. The second-order valence-electron chi connectivity index (χ2n) is 8.21. The number of aryl methyl sites for hydroxylation is 1. The minimum absolute atomic E-state index is 0.0881. The first-order chi connectivity index (χ1) is 14.2. The predicted molar refractivity (Wildman–Crippen MR) is 111 cm³/mol. The van der Waals surface area contributed by atoms with Crippen molar-refractivity contribution in [3.05, 3.63) is 52.6 Å². The van der Waals surface area contributed by atoms with E-state index in [4.69, 9.17) is 5.10 Å². The molecule has 1 aromatic carbocycles. The molecule has 2 heterocycles. The van der Waals surface area contributed by atoms with E-state index in [1.807, 2.05) is 21.7 Å². The molecule has 2 aromatic rings. The van der Waals surface area contributed by atoms with E-state index in [2.05, 4.69) is 12.2 Å². The van der Waals surface area contributed by atoms with E-state index in [1.165, 1.54) is 24.6 Å². The van der Waals surface area contributed by atoms with E-state index in [0.717, 1.165) is 57.3 Å². The van der Waals surface area contributed by atoms with E-state index >= 15 is 0 Å². The van der Waals surface area contributed by atoms with Crippen LogP contribution in [0.4, 0.5) is 4.39 Å². The number of rotatable bonds is 5. The van der Waals surface area contributed by atoms with Crippen molar-refractivity contribution >= 4 is 5.91 Å². The number of hydrogen-bond acceptors (Lipinski definition) is 3. The number of fused-ring (bicyclic) bond motifs is 1. The SMILES string of the molecule is CCn1nc(C(=O)N2CCCCCC2)c2c1CC[C@@H](NCc1ccccc1F)C2. The summed E-state index contributed by atoms with van der Waals surface area (Å²) in [6.45, 7) is 5.03. The summed E-state index contributed by atoms with van der Waals surface area (Å²) in [4.78, 5) is 15.3. The molecule has 2 aliphatic rings. The van der Waals surface area contributed by atoms with Crippen molar-refractivity contribution in [1.82, 2.24) is 20.0 Å². The van der Waals surface area contributed by atoms with Crippen LogP contribution in [0.1, 0.15) is 66.3 Å². The Hall–Kier alpha value is -2.21. The zero-order chi connectivity index (χ0) is 20.2. The van der Waals surface area contributed by atoms with Crippen LogP contribution in [0, 0.1) is 5.82 Å². The molecule has 1 aliphatic carbocycles. The van der Waals surface area contributed by atoms with Gasteiger partial charge in [-0.15, -0.1) is 0 Å². The van der Waals surface area contributed by atoms with Crippen LogP contribution in [-0.4, -0.2) is 39.7 Å². The fourth-order valence-corrected chi connectivity index (χ4v) is 4.61. The lowest BCUT2D eigenvalue weighted by molar-refractivity contribution is 0.0753. The van der Waals surface area contributed by atoms with E-state index in [-0.39, 0.29) is 17.8 Å². The van der Waals surface area contributed by atoms with Crippen molar-refractivity contribution in [2.45, 2.75) is 71.0 Å². The van der Waals surface area contributed by atoms with Crippen molar-refractivity contribution in [1.29, 1.82) is 0 Å². The molecular weight excluding hydrogens is 367 g/mol. The summed E-state index contributed by atoms with van der Waals surface area (Å²) in [6, 6.07) is 7.12. The van der Waals surface area contributed by atoms with Crippen LogP contribution in [0.25, 0.3) is 0 Å². The summed E-state index contributed by atoms with van der Waals surface area (Å²) in [5.74, 6) is -0.0857. The van der Waals surface area contributed by atoms with Gasteiger partial charge < -0.3 is 10.2 Å². The van der Waals surface area contributed by atoms with Gasteiger partial charge in [0.15, 0.2) is 5.69 Å². The molecule has 0 radical (unpaired) electrons. The Morgan fingerprint density at radius 1 is 1.21 bits per heavy atom. The highest BCUT2D eigenvalue weighted by Gasteiger charge is 2.31. The van der Waals surface area contributed by atoms with E-state index in [0.29, 0.717) is 17.8 Å². The Morgan fingerprint density at radius 2 is 1.97 bits per heavy atom. The third-order valence-electron chi connectivity index (χ3n) is 6.28. The highest BCUT2D eigenvalue weighted by Crippen LogP contribution is 2.27. The van der Waals surface area contributed by atoms with Gasteiger partial charge in [0, 0.05) is 49.0 Å². The van der Waals surface area contributed by atoms with Crippen LogP contribution in [0.15, 0.2) is 24.3 Å². The van der Waals surface area contributed by atoms with Crippen molar-refractivity contribution in [3.63, 3.8) is 0 Å². The number of amides is 1. The van der Waals surface area contributed by atoms with Gasteiger partial charge in [0.05, 0.1) is 0 Å². The van der Waals surface area contributed by atoms with Gasteiger partial charge >= 0.3 is 0 Å². The average Bonchev–Trinajstić information content (AvgIpc) is 2.90. The lowest BCUT2D eigenvalue weighted by Gasteiger charge is -2.25. The largest absolute Gasteiger partial charge is 0.337 e. The van der Waals surface area contributed by atoms with Gasteiger partial charge in [-0.25, -0.2) is 4.39 Å². The normalized spacial score (nSPS) is 19.7. The summed E-state index contributed by atoms with van der Waals surface area (Å²) < 4.78 is 15.9. The van der Waals surface area contributed by atoms with Crippen LogP contribution in [0.3, 0.4) is 0 Å². The summed E-state index contributed by atoms with van der Waals surface area (Å²) in [5.41, 5.74) is 3.62. The van der Waals surface area contributed by atoms with E-state index in [1.54, 1.807) is 6.07 Å². The zero-order valence-corrected chi connectivity index (χ0v) is 17.3. The molecule has 1 fully saturated rings. The number of likely N-dealkylation sites (tertiary alicyclic amines) is 1. The molecule has 0 unspecified atom stereocenters. The Balaban J connectivity index is 1.51. The molecule has 156 valence electrons. The second kappa shape index (κ2) is 9.08. The maximum atomic E-state index is 13.9. The minimum Gasteiger partial charge on any atom is -0.337 e. The molecule has 0 spiro atoms. The summed E-state index contributed by atoms with van der Waals surface area (Å²) in [6.07, 6.45) is 7.21. The lowest BCUT2D eigenvalue weighted by atomic mass is 9.91. The standard InChI is InChI=1S/C23H31FN4O/c1-2-28-21-12-11-18(25-16-17-9-5-6-10-20(17)24)15-19(21)22(26-28)23(29)27-13-7-3-4-8-14-27/h5-6,9-10,18,25H,2-4,7-8,11-16H2,1H3/t18-/m1/s1. The zero-order valence-electron chi connectivity index (χ0n) is 17.3. The van der Waals surface area contributed by atoms with Crippen molar-refractivity contribution in [2.75, 3.05) is 13.1 Å². The third kappa shape index (κ3) is 4.37. The van der Waals surface area contributed by atoms with E-state index in [9.17, 15) is 9.18 Å². The Morgan fingerprint density at radius 3 is 2.69 bits per heavy atom. The number of hydrogen-bond donors (Lipinski definition) is 1. The molecule has 4 rings (SSSR count). The van der Waals surface area contributed by atoms with Gasteiger partial charge in [-0.05, 0) is 45.1 Å². The van der Waals surface area contributed by atoms with Crippen molar-refractivity contribution in [2.24, 2.45) is 0 Å². The number of carbonyl (C=O) groups excluding carboxylic acids is 1. The Bertz CT molecular complexity index is 855. The second-order valence-corrected chi connectivity index (χ2v) is 8.21. The molecule has 1 amide bonds. The molecule has 6 heteroatoms. The predicted octanol–water partition coefficient (Wildman–Crippen LogP) is 3.71. The summed E-state index contributed by atoms with van der Waals surface area (Å²) in [7, 11) is 0. The molecular formula is C23H31FN4O. The van der Waals surface area contributed by atoms with Crippen LogP contribution in [-0.2, 0) is 25.9 Å². The molecule has 29 heavy (non-hydrogen) atoms. The molecule has 5 nitrogen and oxygen atoms in total. The molecule has 1 saturated heterocycles. The van der Waals surface area contributed by atoms with Crippen LogP contribution in [0.5, 0.6) is 0 Å². The number of nitrogens with zero attached hydrogens (tertiary/aromatic N) is 3. The quantitative estimate of drug-likeness (QED) is 0.835. The van der Waals surface area contributed by atoms with E-state index < -0.39 is 0 Å². The smallest absolute Gasteiger partial charge is 0.274 e. The Kier molecular flexibility index (Phi) is 6.28. The van der Waals surface area contributed by atoms with Crippen LogP contribution in [0.2, 0.25) is 0 Å². The van der Waals surface area contributed by atoms with Gasteiger partial charge in [-0.2, -0.15) is 5.10 Å². The number of halogens is 1. The first-order valence-corrected chi connectivity index (χ1v) is 11.0. The third-order valence-corrected chi connectivity index (χ3v) is 6.28. The lowest BCUT2D eigenvalue weighted by Crippen LogP contribution is -2.36. The van der Waals surface area contributed by atoms with Crippen LogP contribution >= 0.6 is 0 Å². The number of nitrogens with one attached hydrogen (secondary N) is 1. The molecule has 0 bridgehead atoms. The number of carbonyl (C=O) groups is 1. The van der Waals surface area contributed by atoms with Gasteiger partial charge in [0.2, 0.25) is 0 Å². The number of benzene rings is 1. The van der Waals surface area contributed by atoms with Gasteiger partial charge in [-0.1, -0.05) is 31.0 Å².